The van der Waals surface area contributed by atoms with Crippen LogP contribution in [0, 0.1) is 5.92 Å². The van der Waals surface area contributed by atoms with E-state index in [1.54, 1.807) is 0 Å². The number of hydrogen-bond donors (Lipinski definition) is 1. The Morgan fingerprint density at radius 1 is 1.03 bits per heavy atom. The second kappa shape index (κ2) is 9.22. The third-order valence-electron chi connectivity index (χ3n) is 5.65. The molecular weight excluding hydrogens is 374 g/mol. The molecule has 0 unspecified atom stereocenters. The Morgan fingerprint density at radius 3 is 2.47 bits per heavy atom. The number of aromatic nitrogens is 2. The summed E-state index contributed by atoms with van der Waals surface area (Å²) in [4.78, 5) is 26.5. The predicted octanol–water partition coefficient (Wildman–Crippen LogP) is 3.19. The molecule has 3 aromatic rings. The molecule has 6 nitrogen and oxygen atoms in total. The highest BCUT2D eigenvalue weighted by Crippen LogP contribution is 2.29. The van der Waals surface area contributed by atoms with Crippen LogP contribution in [-0.4, -0.2) is 61.0 Å². The third-order valence-corrected chi connectivity index (χ3v) is 5.65. The lowest BCUT2D eigenvalue weighted by atomic mass is 9.96. The summed E-state index contributed by atoms with van der Waals surface area (Å²) < 4.78 is 0. The predicted molar refractivity (Wildman–Crippen MR) is 121 cm³/mol. The van der Waals surface area contributed by atoms with Gasteiger partial charge in [0.25, 0.3) is 0 Å². The summed E-state index contributed by atoms with van der Waals surface area (Å²) in [6.45, 7) is 3.13. The van der Waals surface area contributed by atoms with Gasteiger partial charge in [-0.1, -0.05) is 48.5 Å². The average Bonchev–Trinajstić information content (AvgIpc) is 2.78. The molecule has 0 atom stereocenters. The summed E-state index contributed by atoms with van der Waals surface area (Å²) in [6, 6.07) is 18.4. The minimum Gasteiger partial charge on any atom is -0.355 e. The van der Waals surface area contributed by atoms with Gasteiger partial charge in [-0.25, -0.2) is 9.97 Å². The number of carbonyl (C=O) groups excluding carboxylic acids is 1. The van der Waals surface area contributed by atoms with Crippen LogP contribution in [0.4, 0.5) is 5.95 Å². The van der Waals surface area contributed by atoms with Gasteiger partial charge >= 0.3 is 0 Å². The molecule has 0 saturated carbocycles. The number of fused-ring (bicyclic) bond motifs is 1. The smallest absolute Gasteiger partial charge is 0.226 e. The van der Waals surface area contributed by atoms with Gasteiger partial charge < -0.3 is 15.1 Å². The number of rotatable bonds is 6. The molecule has 1 aliphatic heterocycles. The number of para-hydroxylation sites is 1. The maximum absolute atomic E-state index is 12.5. The van der Waals surface area contributed by atoms with Crippen LogP contribution in [0.5, 0.6) is 0 Å². The molecule has 156 valence electrons. The van der Waals surface area contributed by atoms with E-state index in [0.29, 0.717) is 6.54 Å². The number of anilines is 1. The van der Waals surface area contributed by atoms with Gasteiger partial charge in [0.2, 0.25) is 11.9 Å². The van der Waals surface area contributed by atoms with E-state index in [0.717, 1.165) is 60.6 Å². The number of piperidine rings is 1. The van der Waals surface area contributed by atoms with Crippen molar-refractivity contribution in [2.24, 2.45) is 5.92 Å². The normalized spacial score (nSPS) is 15.0. The van der Waals surface area contributed by atoms with E-state index >= 15 is 0 Å². The molecule has 1 N–H and O–H groups in total. The Labute approximate surface area is 177 Å². The first kappa shape index (κ1) is 20.3. The molecule has 0 spiro atoms. The van der Waals surface area contributed by atoms with Crippen molar-refractivity contribution in [3.63, 3.8) is 0 Å². The van der Waals surface area contributed by atoms with Crippen molar-refractivity contribution >= 4 is 22.8 Å². The topological polar surface area (TPSA) is 61.4 Å². The van der Waals surface area contributed by atoms with E-state index in [-0.39, 0.29) is 11.8 Å². The summed E-state index contributed by atoms with van der Waals surface area (Å²) in [6.07, 6.45) is 1.65. The number of hydrogen-bond acceptors (Lipinski definition) is 5. The van der Waals surface area contributed by atoms with E-state index in [9.17, 15) is 4.79 Å². The van der Waals surface area contributed by atoms with Crippen LogP contribution in [-0.2, 0) is 4.79 Å². The molecule has 1 saturated heterocycles. The molecule has 4 rings (SSSR count). The number of carbonyl (C=O) groups is 1. The highest BCUT2D eigenvalue weighted by Gasteiger charge is 2.26. The molecule has 2 aromatic carbocycles. The number of amides is 1. The lowest BCUT2D eigenvalue weighted by Gasteiger charge is -2.31. The Kier molecular flexibility index (Phi) is 6.23. The Morgan fingerprint density at radius 2 is 1.73 bits per heavy atom. The zero-order valence-corrected chi connectivity index (χ0v) is 17.7. The monoisotopic (exact) mass is 403 g/mol. The Hall–Kier alpha value is -2.99. The van der Waals surface area contributed by atoms with Gasteiger partial charge in [0.1, 0.15) is 0 Å². The summed E-state index contributed by atoms with van der Waals surface area (Å²) in [5, 5.41) is 4.12. The molecule has 0 bridgehead atoms. The van der Waals surface area contributed by atoms with Gasteiger partial charge in [-0.2, -0.15) is 0 Å². The first-order valence-electron chi connectivity index (χ1n) is 10.6. The number of likely N-dealkylation sites (N-methyl/N-ethyl adjacent to an activating group) is 1. The molecule has 0 radical (unpaired) electrons. The second-order valence-corrected chi connectivity index (χ2v) is 8.11. The molecule has 1 aliphatic rings. The van der Waals surface area contributed by atoms with Crippen LogP contribution in [0.3, 0.4) is 0 Å². The number of benzene rings is 2. The van der Waals surface area contributed by atoms with Crippen LogP contribution in [0.1, 0.15) is 12.8 Å². The van der Waals surface area contributed by atoms with Gasteiger partial charge in [0.15, 0.2) is 0 Å². The largest absolute Gasteiger partial charge is 0.355 e. The van der Waals surface area contributed by atoms with Crippen molar-refractivity contribution in [1.82, 2.24) is 20.2 Å². The van der Waals surface area contributed by atoms with Crippen molar-refractivity contribution in [1.29, 1.82) is 0 Å². The van der Waals surface area contributed by atoms with Crippen LogP contribution in [0.25, 0.3) is 22.2 Å². The number of nitrogens with zero attached hydrogens (tertiary/aromatic N) is 4. The first-order chi connectivity index (χ1) is 14.6. The fourth-order valence-corrected chi connectivity index (χ4v) is 3.91. The van der Waals surface area contributed by atoms with Crippen LogP contribution in [0.2, 0.25) is 0 Å². The van der Waals surface area contributed by atoms with Crippen molar-refractivity contribution in [2.75, 3.05) is 45.2 Å². The van der Waals surface area contributed by atoms with E-state index in [1.807, 2.05) is 50.5 Å². The molecule has 1 aromatic heterocycles. The molecule has 1 amide bonds. The van der Waals surface area contributed by atoms with E-state index in [4.69, 9.17) is 9.97 Å². The second-order valence-electron chi connectivity index (χ2n) is 8.11. The molecular formula is C24H29N5O. The minimum absolute atomic E-state index is 0.0671. The third kappa shape index (κ3) is 4.60. The Balaban J connectivity index is 1.50. The zero-order valence-electron chi connectivity index (χ0n) is 17.7. The van der Waals surface area contributed by atoms with Gasteiger partial charge in [0, 0.05) is 43.0 Å². The highest BCUT2D eigenvalue weighted by atomic mass is 16.1. The van der Waals surface area contributed by atoms with Crippen LogP contribution >= 0.6 is 0 Å². The molecule has 2 heterocycles. The van der Waals surface area contributed by atoms with E-state index in [1.165, 1.54) is 0 Å². The fraction of sp³-hybridized carbons (Fsp3) is 0.375. The average molecular weight is 404 g/mol. The first-order valence-corrected chi connectivity index (χ1v) is 10.6. The maximum atomic E-state index is 12.5. The lowest BCUT2D eigenvalue weighted by Crippen LogP contribution is -2.42. The van der Waals surface area contributed by atoms with E-state index in [2.05, 4.69) is 33.3 Å². The summed E-state index contributed by atoms with van der Waals surface area (Å²) >= 11 is 0. The van der Waals surface area contributed by atoms with Crippen molar-refractivity contribution in [3.05, 3.63) is 54.6 Å². The van der Waals surface area contributed by atoms with Crippen LogP contribution < -0.4 is 10.2 Å². The quantitative estimate of drug-likeness (QED) is 0.685. The van der Waals surface area contributed by atoms with Crippen molar-refractivity contribution < 1.29 is 4.79 Å². The van der Waals surface area contributed by atoms with Gasteiger partial charge in [-0.05, 0) is 33.0 Å². The summed E-state index contributed by atoms with van der Waals surface area (Å²) in [7, 11) is 4.02. The zero-order chi connectivity index (χ0) is 20.9. The van der Waals surface area contributed by atoms with Gasteiger partial charge in [-0.15, -0.1) is 0 Å². The van der Waals surface area contributed by atoms with Crippen molar-refractivity contribution in [2.45, 2.75) is 12.8 Å². The lowest BCUT2D eigenvalue weighted by molar-refractivity contribution is -0.125. The summed E-state index contributed by atoms with van der Waals surface area (Å²) in [5.41, 5.74) is 3.00. The van der Waals surface area contributed by atoms with Gasteiger partial charge in [0.05, 0.1) is 11.2 Å². The van der Waals surface area contributed by atoms with Gasteiger partial charge in [-0.3, -0.25) is 4.79 Å². The standard InChI is InChI=1S/C24H29N5O/c1-28(2)17-14-25-23(30)19-12-15-29(16-13-19)24-26-21-11-7-6-10-20(21)22(27-24)18-8-4-3-5-9-18/h3-11,19H,12-17H2,1-2H3,(H,25,30). The minimum atomic E-state index is 0.0671. The van der Waals surface area contributed by atoms with Crippen LogP contribution in [0.15, 0.2) is 54.6 Å². The number of nitrogens with one attached hydrogen (secondary N) is 1. The molecule has 0 aliphatic carbocycles. The Bertz CT molecular complexity index is 997. The molecule has 6 heteroatoms. The highest BCUT2D eigenvalue weighted by molar-refractivity contribution is 5.93. The maximum Gasteiger partial charge on any atom is 0.226 e. The molecule has 30 heavy (non-hydrogen) atoms. The van der Waals surface area contributed by atoms with Crippen molar-refractivity contribution in [3.8, 4) is 11.3 Å². The van der Waals surface area contributed by atoms with E-state index < -0.39 is 0 Å². The SMILES string of the molecule is CN(C)CCNC(=O)C1CCN(c2nc(-c3ccccc3)c3ccccc3n2)CC1. The fourth-order valence-electron chi connectivity index (χ4n) is 3.91. The summed E-state index contributed by atoms with van der Waals surface area (Å²) in [5.74, 6) is 0.984. The molecule has 1 fully saturated rings.